The number of hydrogen-bond donors (Lipinski definition) is 1. The maximum Gasteiger partial charge on any atom is -0.00366 e. The Morgan fingerprint density at radius 3 is 3.00 bits per heavy atom. The number of rotatable bonds is 3. The zero-order valence-corrected chi connectivity index (χ0v) is 8.20. The van der Waals surface area contributed by atoms with Gasteiger partial charge in [-0.15, -0.1) is 0 Å². The maximum atomic E-state index is 5.53. The van der Waals surface area contributed by atoms with Gasteiger partial charge in [-0.3, -0.25) is 0 Å². The van der Waals surface area contributed by atoms with Gasteiger partial charge >= 0.3 is 0 Å². The molecule has 1 saturated heterocycles. The predicted molar refractivity (Wildman–Crippen MR) is 52.9 cm³/mol. The van der Waals surface area contributed by atoms with E-state index in [9.17, 15) is 0 Å². The summed E-state index contributed by atoms with van der Waals surface area (Å²) in [6.45, 7) is 3.21. The van der Waals surface area contributed by atoms with E-state index in [0.717, 1.165) is 18.4 Å². The molecule has 2 N–H and O–H groups in total. The topological polar surface area (TPSA) is 26.0 Å². The smallest absolute Gasteiger partial charge is 0.00366 e. The van der Waals surface area contributed by atoms with Crippen LogP contribution in [0, 0.1) is 11.8 Å². The molecule has 1 fully saturated rings. The van der Waals surface area contributed by atoms with E-state index in [1.165, 1.54) is 30.8 Å². The van der Waals surface area contributed by atoms with E-state index in [-0.39, 0.29) is 0 Å². The fraction of sp³-hybridized carbons (Fsp3) is 1.00. The molecule has 2 atom stereocenters. The molecule has 0 aromatic rings. The molecular formula is C9H19NS. The first-order valence-corrected chi connectivity index (χ1v) is 5.78. The zero-order valence-electron chi connectivity index (χ0n) is 7.38. The van der Waals surface area contributed by atoms with E-state index in [4.69, 9.17) is 5.73 Å². The predicted octanol–water partition coefficient (Wildman–Crippen LogP) is 2.11. The van der Waals surface area contributed by atoms with Crippen LogP contribution in [0.3, 0.4) is 0 Å². The minimum Gasteiger partial charge on any atom is -0.330 e. The van der Waals surface area contributed by atoms with Crippen LogP contribution in [0.15, 0.2) is 0 Å². The second-order valence-corrected chi connectivity index (χ2v) is 4.68. The molecule has 1 aliphatic heterocycles. The molecule has 0 aromatic heterocycles. The minimum atomic E-state index is 0.854. The maximum absolute atomic E-state index is 5.53. The highest BCUT2D eigenvalue weighted by Gasteiger charge is 2.19. The summed E-state index contributed by atoms with van der Waals surface area (Å²) >= 11 is 2.12. The van der Waals surface area contributed by atoms with E-state index >= 15 is 0 Å². The van der Waals surface area contributed by atoms with Gasteiger partial charge in [0.05, 0.1) is 0 Å². The largest absolute Gasteiger partial charge is 0.330 e. The lowest BCUT2D eigenvalue weighted by molar-refractivity contribution is 0.346. The van der Waals surface area contributed by atoms with Crippen molar-refractivity contribution >= 4 is 11.8 Å². The molecule has 1 rings (SSSR count). The summed E-state index contributed by atoms with van der Waals surface area (Å²) in [4.78, 5) is 0. The van der Waals surface area contributed by atoms with Crippen molar-refractivity contribution in [3.63, 3.8) is 0 Å². The van der Waals surface area contributed by atoms with Gasteiger partial charge < -0.3 is 5.73 Å². The number of thioether (sulfide) groups is 1. The highest BCUT2D eigenvalue weighted by atomic mass is 32.2. The first-order chi connectivity index (χ1) is 5.34. The zero-order chi connectivity index (χ0) is 8.10. The Balaban J connectivity index is 2.21. The average Bonchev–Trinajstić information content (AvgIpc) is 2.07. The van der Waals surface area contributed by atoms with Crippen molar-refractivity contribution in [2.45, 2.75) is 26.2 Å². The van der Waals surface area contributed by atoms with Crippen LogP contribution in [0.2, 0.25) is 0 Å². The lowest BCUT2D eigenvalue weighted by Gasteiger charge is -2.26. The van der Waals surface area contributed by atoms with E-state index in [2.05, 4.69) is 18.7 Å². The van der Waals surface area contributed by atoms with E-state index < -0.39 is 0 Å². The van der Waals surface area contributed by atoms with Crippen molar-refractivity contribution in [2.75, 3.05) is 18.1 Å². The number of nitrogens with two attached hydrogens (primary N) is 1. The standard InChI is InChI=1S/C9H19NS/c1-8(4-5-10)9-3-2-6-11-7-9/h8-9H,2-7,10H2,1H3. The third kappa shape index (κ3) is 3.04. The summed E-state index contributed by atoms with van der Waals surface area (Å²) < 4.78 is 0. The molecule has 1 nitrogen and oxygen atoms in total. The summed E-state index contributed by atoms with van der Waals surface area (Å²) in [5, 5.41) is 0. The lowest BCUT2D eigenvalue weighted by Crippen LogP contribution is -2.20. The highest BCUT2D eigenvalue weighted by molar-refractivity contribution is 7.99. The van der Waals surface area contributed by atoms with Crippen LogP contribution in [-0.2, 0) is 0 Å². The fourth-order valence-electron chi connectivity index (χ4n) is 1.71. The Morgan fingerprint density at radius 1 is 1.64 bits per heavy atom. The second-order valence-electron chi connectivity index (χ2n) is 3.53. The molecule has 2 heteroatoms. The SMILES string of the molecule is CC(CCN)C1CCCSC1. The van der Waals surface area contributed by atoms with Crippen LogP contribution < -0.4 is 5.73 Å². The monoisotopic (exact) mass is 173 g/mol. The van der Waals surface area contributed by atoms with Crippen molar-refractivity contribution in [1.82, 2.24) is 0 Å². The molecule has 0 aliphatic carbocycles. The normalized spacial score (nSPS) is 28.4. The van der Waals surface area contributed by atoms with Crippen molar-refractivity contribution in [3.05, 3.63) is 0 Å². The van der Waals surface area contributed by atoms with E-state index in [1.54, 1.807) is 0 Å². The molecule has 0 spiro atoms. The molecular weight excluding hydrogens is 154 g/mol. The quantitative estimate of drug-likeness (QED) is 0.707. The van der Waals surface area contributed by atoms with Gasteiger partial charge in [0, 0.05) is 0 Å². The molecule has 0 saturated carbocycles. The Hall–Kier alpha value is 0.310. The van der Waals surface area contributed by atoms with Crippen molar-refractivity contribution in [3.8, 4) is 0 Å². The molecule has 2 unspecified atom stereocenters. The fourth-order valence-corrected chi connectivity index (χ4v) is 3.05. The average molecular weight is 173 g/mol. The van der Waals surface area contributed by atoms with Crippen LogP contribution >= 0.6 is 11.8 Å². The third-order valence-corrected chi connectivity index (χ3v) is 3.86. The molecule has 66 valence electrons. The van der Waals surface area contributed by atoms with Gasteiger partial charge in [-0.1, -0.05) is 6.92 Å². The van der Waals surface area contributed by atoms with Gasteiger partial charge in [-0.2, -0.15) is 11.8 Å². The van der Waals surface area contributed by atoms with E-state index in [0.29, 0.717) is 0 Å². The third-order valence-electron chi connectivity index (χ3n) is 2.62. The Morgan fingerprint density at radius 2 is 2.45 bits per heavy atom. The highest BCUT2D eigenvalue weighted by Crippen LogP contribution is 2.29. The first kappa shape index (κ1) is 9.40. The van der Waals surface area contributed by atoms with Gasteiger partial charge in [-0.25, -0.2) is 0 Å². The molecule has 1 aliphatic rings. The van der Waals surface area contributed by atoms with Gasteiger partial charge in [0.25, 0.3) is 0 Å². The van der Waals surface area contributed by atoms with Crippen LogP contribution in [0.4, 0.5) is 0 Å². The van der Waals surface area contributed by atoms with Crippen molar-refractivity contribution in [2.24, 2.45) is 17.6 Å². The van der Waals surface area contributed by atoms with Crippen molar-refractivity contribution < 1.29 is 0 Å². The molecule has 11 heavy (non-hydrogen) atoms. The first-order valence-electron chi connectivity index (χ1n) is 4.62. The van der Waals surface area contributed by atoms with E-state index in [1.807, 2.05) is 0 Å². The van der Waals surface area contributed by atoms with Gasteiger partial charge in [-0.05, 0) is 49.1 Å². The van der Waals surface area contributed by atoms with Crippen molar-refractivity contribution in [1.29, 1.82) is 0 Å². The van der Waals surface area contributed by atoms with Crippen LogP contribution in [0.5, 0.6) is 0 Å². The summed E-state index contributed by atoms with van der Waals surface area (Å²) in [6.07, 6.45) is 4.07. The summed E-state index contributed by atoms with van der Waals surface area (Å²) in [5.41, 5.74) is 5.53. The molecule has 0 aromatic carbocycles. The Labute approximate surface area is 74.1 Å². The minimum absolute atomic E-state index is 0.854. The molecule has 0 amide bonds. The molecule has 1 heterocycles. The van der Waals surface area contributed by atoms with Crippen LogP contribution in [-0.4, -0.2) is 18.1 Å². The van der Waals surface area contributed by atoms with Crippen LogP contribution in [0.25, 0.3) is 0 Å². The van der Waals surface area contributed by atoms with Gasteiger partial charge in [0.2, 0.25) is 0 Å². The summed E-state index contributed by atoms with van der Waals surface area (Å²) in [6, 6.07) is 0. The summed E-state index contributed by atoms with van der Waals surface area (Å²) in [7, 11) is 0. The van der Waals surface area contributed by atoms with Crippen LogP contribution in [0.1, 0.15) is 26.2 Å². The Bertz CT molecular complexity index is 99.7. The Kier molecular flexibility index (Phi) is 4.31. The molecule has 0 radical (unpaired) electrons. The molecule has 0 bridgehead atoms. The van der Waals surface area contributed by atoms with Gasteiger partial charge in [0.15, 0.2) is 0 Å². The van der Waals surface area contributed by atoms with Gasteiger partial charge in [0.1, 0.15) is 0 Å². The second kappa shape index (κ2) is 5.04. The lowest BCUT2D eigenvalue weighted by atomic mass is 9.89. The summed E-state index contributed by atoms with van der Waals surface area (Å²) in [5.74, 6) is 4.57. The number of hydrogen-bond acceptors (Lipinski definition) is 2.